The molecule has 5 nitrogen and oxygen atoms in total. The van der Waals surface area contributed by atoms with Gasteiger partial charge in [-0.05, 0) is 63.2 Å². The van der Waals surface area contributed by atoms with E-state index in [1.54, 1.807) is 0 Å². The summed E-state index contributed by atoms with van der Waals surface area (Å²) in [6.45, 7) is 7.61. The van der Waals surface area contributed by atoms with E-state index in [2.05, 4.69) is 37.7 Å². The van der Waals surface area contributed by atoms with Crippen LogP contribution in [0.1, 0.15) is 55.6 Å². The first-order chi connectivity index (χ1) is 13.3. The zero-order valence-corrected chi connectivity index (χ0v) is 16.6. The van der Waals surface area contributed by atoms with Crippen LogP contribution < -0.4 is 0 Å². The first-order valence-electron chi connectivity index (χ1n) is 10.6. The molecule has 2 aliphatic rings. The Kier molecular flexibility index (Phi) is 6.20. The molecule has 1 aliphatic heterocycles. The van der Waals surface area contributed by atoms with Crippen LogP contribution in [0.2, 0.25) is 0 Å². The van der Waals surface area contributed by atoms with E-state index in [9.17, 15) is 0 Å². The number of imidazole rings is 1. The minimum atomic E-state index is 0.787. The third kappa shape index (κ3) is 5.17. The Balaban J connectivity index is 1.35. The minimum absolute atomic E-state index is 0.787. The van der Waals surface area contributed by atoms with Crippen LogP contribution in [0.3, 0.4) is 0 Å². The van der Waals surface area contributed by atoms with Crippen LogP contribution in [0.5, 0.6) is 0 Å². The van der Waals surface area contributed by atoms with Crippen LogP contribution in [0.25, 0.3) is 0 Å². The lowest BCUT2D eigenvalue weighted by Gasteiger charge is -2.37. The van der Waals surface area contributed by atoms with E-state index >= 15 is 0 Å². The summed E-state index contributed by atoms with van der Waals surface area (Å²) in [5.41, 5.74) is 2.42. The Bertz CT molecular complexity index is 684. The topological polar surface area (TPSA) is 48.1 Å². The van der Waals surface area contributed by atoms with Gasteiger partial charge in [-0.1, -0.05) is 18.9 Å². The number of aromatic nitrogens is 3. The highest BCUT2D eigenvalue weighted by Gasteiger charge is 2.28. The van der Waals surface area contributed by atoms with Gasteiger partial charge in [0.15, 0.2) is 0 Å². The van der Waals surface area contributed by atoms with Crippen LogP contribution in [0.15, 0.2) is 30.7 Å². The molecule has 2 aromatic rings. The predicted octanol–water partition coefficient (Wildman–Crippen LogP) is 3.77. The van der Waals surface area contributed by atoms with Crippen LogP contribution in [-0.4, -0.2) is 50.4 Å². The molecule has 1 saturated heterocycles. The highest BCUT2D eigenvalue weighted by atomic mass is 15.2. The summed E-state index contributed by atoms with van der Waals surface area (Å²) in [5, 5.41) is 0. The number of piperidine rings is 1. The zero-order valence-electron chi connectivity index (χ0n) is 16.6. The molecule has 0 radical (unpaired) electrons. The summed E-state index contributed by atoms with van der Waals surface area (Å²) in [6, 6.07) is 5.09. The van der Waals surface area contributed by atoms with Gasteiger partial charge in [0.2, 0.25) is 0 Å². The Morgan fingerprint density at radius 3 is 2.59 bits per heavy atom. The summed E-state index contributed by atoms with van der Waals surface area (Å²) < 4.78 is 0. The van der Waals surface area contributed by atoms with Gasteiger partial charge in [-0.3, -0.25) is 9.88 Å². The van der Waals surface area contributed by atoms with Crippen molar-refractivity contribution in [3.63, 3.8) is 0 Å². The van der Waals surface area contributed by atoms with E-state index in [-0.39, 0.29) is 0 Å². The molecule has 0 aromatic carbocycles. The monoisotopic (exact) mass is 367 g/mol. The maximum atomic E-state index is 4.53. The lowest BCUT2D eigenvalue weighted by atomic mass is 9.94. The number of likely N-dealkylation sites (tertiary alicyclic amines) is 1. The molecule has 146 valence electrons. The molecule has 0 spiro atoms. The number of H-pyrrole nitrogens is 1. The molecular weight excluding hydrogens is 334 g/mol. The zero-order chi connectivity index (χ0) is 18.5. The molecule has 27 heavy (non-hydrogen) atoms. The van der Waals surface area contributed by atoms with E-state index in [1.165, 1.54) is 57.2 Å². The van der Waals surface area contributed by atoms with Crippen molar-refractivity contribution >= 4 is 0 Å². The number of aryl methyl sites for hydroxylation is 1. The van der Waals surface area contributed by atoms with Crippen LogP contribution >= 0.6 is 0 Å². The van der Waals surface area contributed by atoms with Gasteiger partial charge in [-0.15, -0.1) is 0 Å². The van der Waals surface area contributed by atoms with Crippen LogP contribution in [0.4, 0.5) is 0 Å². The quantitative estimate of drug-likeness (QED) is 0.809. The molecule has 2 aromatic heterocycles. The number of rotatable bonds is 7. The number of pyridine rings is 1. The Labute approximate surface area is 163 Å². The first-order valence-corrected chi connectivity index (χ1v) is 10.6. The van der Waals surface area contributed by atoms with Gasteiger partial charge in [-0.2, -0.15) is 0 Å². The second-order valence-electron chi connectivity index (χ2n) is 8.46. The molecule has 0 atom stereocenters. The number of aromatic amines is 1. The minimum Gasteiger partial charge on any atom is -0.345 e. The van der Waals surface area contributed by atoms with Crippen LogP contribution in [-0.2, 0) is 13.1 Å². The second-order valence-corrected chi connectivity index (χ2v) is 8.46. The molecule has 4 rings (SSSR count). The summed E-state index contributed by atoms with van der Waals surface area (Å²) in [6.07, 6.45) is 14.2. The third-order valence-electron chi connectivity index (χ3n) is 6.26. The summed E-state index contributed by atoms with van der Waals surface area (Å²) >= 11 is 0. The van der Waals surface area contributed by atoms with Gasteiger partial charge in [0.05, 0.1) is 6.54 Å². The molecule has 5 heteroatoms. The standard InChI is InChI=1S/C22H33N5/c1-18-13-24-22(25-18)17-26(16-20-5-4-10-23-14-20)15-19-8-11-27(12-9-19)21-6-2-3-7-21/h4-5,10,13-14,19,21H,2-3,6-9,11-12,15-17H2,1H3,(H,24,25). The van der Waals surface area contributed by atoms with Gasteiger partial charge >= 0.3 is 0 Å². The average Bonchev–Trinajstić information content (AvgIpc) is 3.35. The molecule has 3 heterocycles. The van der Waals surface area contributed by atoms with Crippen LogP contribution in [0, 0.1) is 12.8 Å². The molecular formula is C22H33N5. The molecule has 1 saturated carbocycles. The normalized spacial score (nSPS) is 19.9. The fourth-order valence-electron chi connectivity index (χ4n) is 4.83. The third-order valence-corrected chi connectivity index (χ3v) is 6.26. The van der Waals surface area contributed by atoms with Gasteiger partial charge in [0, 0.05) is 43.4 Å². The molecule has 2 fully saturated rings. The number of nitrogens with one attached hydrogen (secondary N) is 1. The summed E-state index contributed by atoms with van der Waals surface area (Å²) in [7, 11) is 0. The second kappa shape index (κ2) is 8.98. The van der Waals surface area contributed by atoms with Crippen molar-refractivity contribution < 1.29 is 0 Å². The predicted molar refractivity (Wildman–Crippen MR) is 108 cm³/mol. The van der Waals surface area contributed by atoms with Crippen molar-refractivity contribution in [1.82, 2.24) is 24.8 Å². The van der Waals surface area contributed by atoms with E-state index in [1.807, 2.05) is 24.7 Å². The lowest BCUT2D eigenvalue weighted by Crippen LogP contribution is -2.42. The average molecular weight is 368 g/mol. The van der Waals surface area contributed by atoms with Gasteiger partial charge in [-0.25, -0.2) is 4.98 Å². The summed E-state index contributed by atoms with van der Waals surface area (Å²) in [5.74, 6) is 1.86. The lowest BCUT2D eigenvalue weighted by molar-refractivity contribution is 0.106. The maximum absolute atomic E-state index is 4.53. The molecule has 0 bridgehead atoms. The van der Waals surface area contributed by atoms with Gasteiger partial charge in [0.25, 0.3) is 0 Å². The molecule has 1 N–H and O–H groups in total. The fraction of sp³-hybridized carbons (Fsp3) is 0.636. The fourth-order valence-corrected chi connectivity index (χ4v) is 4.83. The first kappa shape index (κ1) is 18.6. The van der Waals surface area contributed by atoms with Crippen molar-refractivity contribution in [3.8, 4) is 0 Å². The smallest absolute Gasteiger partial charge is 0.120 e. The Morgan fingerprint density at radius 2 is 1.93 bits per heavy atom. The number of hydrogen-bond donors (Lipinski definition) is 1. The van der Waals surface area contributed by atoms with Gasteiger partial charge in [0.1, 0.15) is 5.82 Å². The van der Waals surface area contributed by atoms with E-state index < -0.39 is 0 Å². The SMILES string of the molecule is Cc1cnc(CN(Cc2cccnc2)CC2CCN(C3CCCC3)CC2)[nH]1. The highest BCUT2D eigenvalue weighted by Crippen LogP contribution is 2.28. The van der Waals surface area contributed by atoms with Crippen molar-refractivity contribution in [3.05, 3.63) is 47.8 Å². The highest BCUT2D eigenvalue weighted by molar-refractivity contribution is 5.08. The van der Waals surface area contributed by atoms with Gasteiger partial charge < -0.3 is 9.88 Å². The number of nitrogens with zero attached hydrogens (tertiary/aromatic N) is 4. The number of hydrogen-bond acceptors (Lipinski definition) is 4. The van der Waals surface area contributed by atoms with E-state index in [0.717, 1.165) is 43.1 Å². The Hall–Kier alpha value is -1.72. The molecule has 1 aliphatic carbocycles. The maximum Gasteiger partial charge on any atom is 0.120 e. The van der Waals surface area contributed by atoms with Crippen molar-refractivity contribution in [2.75, 3.05) is 19.6 Å². The molecule has 0 unspecified atom stereocenters. The van der Waals surface area contributed by atoms with E-state index in [4.69, 9.17) is 0 Å². The molecule has 0 amide bonds. The van der Waals surface area contributed by atoms with Crippen molar-refractivity contribution in [2.45, 2.75) is 64.6 Å². The summed E-state index contributed by atoms with van der Waals surface area (Å²) in [4.78, 5) is 17.5. The van der Waals surface area contributed by atoms with Crippen molar-refractivity contribution in [1.29, 1.82) is 0 Å². The van der Waals surface area contributed by atoms with Crippen molar-refractivity contribution in [2.24, 2.45) is 5.92 Å². The van der Waals surface area contributed by atoms with E-state index in [0.29, 0.717) is 0 Å². The Morgan fingerprint density at radius 1 is 1.11 bits per heavy atom. The largest absolute Gasteiger partial charge is 0.345 e.